The Kier molecular flexibility index (Phi) is 6.98. The minimum Gasteiger partial charge on any atom is -0.311 e. The molecule has 2 nitrogen and oxygen atoms in total. The summed E-state index contributed by atoms with van der Waals surface area (Å²) in [5, 5.41) is 0. The van der Waals surface area contributed by atoms with E-state index < -0.39 is 0 Å². The predicted octanol–water partition coefficient (Wildman–Crippen LogP) is 1.75. The van der Waals surface area contributed by atoms with E-state index in [1.165, 1.54) is 25.7 Å². The molecule has 2 heteroatoms. The topological polar surface area (TPSA) is 52.0 Å². The van der Waals surface area contributed by atoms with Crippen molar-refractivity contribution in [3.63, 3.8) is 0 Å². The fourth-order valence-corrected chi connectivity index (χ4v) is 0.933. The first kappa shape index (κ1) is 9.92. The van der Waals surface area contributed by atoms with Crippen molar-refractivity contribution in [2.45, 2.75) is 45.4 Å². The average molecular weight is 143 g/mol. The van der Waals surface area contributed by atoms with Crippen LogP contribution in [0, 0.1) is 6.17 Å². The number of hydrogen-bond acceptors (Lipinski definition) is 2. The molecule has 0 heterocycles. The summed E-state index contributed by atoms with van der Waals surface area (Å²) in [5.74, 6) is 0. The van der Waals surface area contributed by atoms with E-state index in [0.717, 1.165) is 12.8 Å². The van der Waals surface area contributed by atoms with Crippen LogP contribution in [0.3, 0.4) is 0 Å². The van der Waals surface area contributed by atoms with Crippen LogP contribution >= 0.6 is 0 Å². The van der Waals surface area contributed by atoms with Crippen LogP contribution in [0.25, 0.3) is 0 Å². The number of rotatable bonds is 6. The Labute approximate surface area is 64.0 Å². The minimum absolute atomic E-state index is 0.580. The van der Waals surface area contributed by atoms with Gasteiger partial charge in [0.25, 0.3) is 0 Å². The van der Waals surface area contributed by atoms with Crippen molar-refractivity contribution >= 4 is 0 Å². The van der Waals surface area contributed by atoms with Crippen molar-refractivity contribution in [3.8, 4) is 0 Å². The van der Waals surface area contributed by atoms with Gasteiger partial charge in [-0.1, -0.05) is 39.0 Å². The SMILES string of the molecule is CCCCCCC[C](N)N. The van der Waals surface area contributed by atoms with Gasteiger partial charge >= 0.3 is 0 Å². The van der Waals surface area contributed by atoms with Crippen LogP contribution < -0.4 is 11.5 Å². The summed E-state index contributed by atoms with van der Waals surface area (Å²) in [6, 6.07) is 0. The molecule has 0 aromatic heterocycles. The molecule has 0 rings (SSSR count). The van der Waals surface area contributed by atoms with E-state index in [1.807, 2.05) is 0 Å². The van der Waals surface area contributed by atoms with Crippen molar-refractivity contribution in [3.05, 3.63) is 6.17 Å². The summed E-state index contributed by atoms with van der Waals surface area (Å²) >= 11 is 0. The van der Waals surface area contributed by atoms with Gasteiger partial charge < -0.3 is 11.5 Å². The van der Waals surface area contributed by atoms with Gasteiger partial charge in [-0.05, 0) is 6.42 Å². The summed E-state index contributed by atoms with van der Waals surface area (Å²) in [7, 11) is 0. The molecule has 0 amide bonds. The van der Waals surface area contributed by atoms with E-state index in [4.69, 9.17) is 11.5 Å². The van der Waals surface area contributed by atoms with Crippen LogP contribution in [0.4, 0.5) is 0 Å². The van der Waals surface area contributed by atoms with E-state index in [2.05, 4.69) is 6.92 Å². The zero-order chi connectivity index (χ0) is 7.82. The lowest BCUT2D eigenvalue weighted by molar-refractivity contribution is 0.606. The Bertz CT molecular complexity index is 62.3. The first-order valence-corrected chi connectivity index (χ1v) is 4.14. The van der Waals surface area contributed by atoms with Gasteiger partial charge in [0.1, 0.15) is 0 Å². The minimum atomic E-state index is 0.580. The van der Waals surface area contributed by atoms with Crippen molar-refractivity contribution in [1.29, 1.82) is 0 Å². The predicted molar refractivity (Wildman–Crippen MR) is 45.0 cm³/mol. The summed E-state index contributed by atoms with van der Waals surface area (Å²) in [5.41, 5.74) is 10.6. The largest absolute Gasteiger partial charge is 0.311 e. The highest BCUT2D eigenvalue weighted by atomic mass is 14.8. The van der Waals surface area contributed by atoms with Gasteiger partial charge in [0.2, 0.25) is 0 Å². The Morgan fingerprint density at radius 3 is 2.10 bits per heavy atom. The fraction of sp³-hybridized carbons (Fsp3) is 0.875. The number of nitrogens with two attached hydrogens (primary N) is 2. The van der Waals surface area contributed by atoms with Crippen LogP contribution in [-0.2, 0) is 0 Å². The van der Waals surface area contributed by atoms with Crippen LogP contribution in [0.15, 0.2) is 0 Å². The van der Waals surface area contributed by atoms with E-state index in [1.54, 1.807) is 0 Å². The monoisotopic (exact) mass is 143 g/mol. The second-order valence-corrected chi connectivity index (χ2v) is 2.74. The lowest BCUT2D eigenvalue weighted by Crippen LogP contribution is -2.19. The second kappa shape index (κ2) is 7.03. The second-order valence-electron chi connectivity index (χ2n) is 2.74. The smallest absolute Gasteiger partial charge is 0.0955 e. The molecule has 10 heavy (non-hydrogen) atoms. The lowest BCUT2D eigenvalue weighted by atomic mass is 10.1. The van der Waals surface area contributed by atoms with Gasteiger partial charge in [-0.15, -0.1) is 0 Å². The molecular formula is C8H19N2. The number of unbranched alkanes of at least 4 members (excludes halogenated alkanes) is 4. The zero-order valence-corrected chi connectivity index (χ0v) is 6.90. The molecule has 0 aromatic carbocycles. The quantitative estimate of drug-likeness (QED) is 0.556. The lowest BCUT2D eigenvalue weighted by Gasteiger charge is -2.02. The van der Waals surface area contributed by atoms with Crippen molar-refractivity contribution < 1.29 is 0 Å². The Hall–Kier alpha value is -0.0800. The molecule has 0 fully saturated rings. The average Bonchev–Trinajstić information content (AvgIpc) is 1.87. The van der Waals surface area contributed by atoms with Crippen molar-refractivity contribution in [2.24, 2.45) is 11.5 Å². The third kappa shape index (κ3) is 7.92. The van der Waals surface area contributed by atoms with Crippen molar-refractivity contribution in [1.82, 2.24) is 0 Å². The van der Waals surface area contributed by atoms with E-state index in [-0.39, 0.29) is 0 Å². The molecule has 0 atom stereocenters. The first-order chi connectivity index (χ1) is 4.77. The molecule has 0 spiro atoms. The molecule has 0 saturated heterocycles. The van der Waals surface area contributed by atoms with Crippen LogP contribution in [0.2, 0.25) is 0 Å². The molecule has 0 aliphatic heterocycles. The van der Waals surface area contributed by atoms with Crippen molar-refractivity contribution in [2.75, 3.05) is 0 Å². The highest BCUT2D eigenvalue weighted by Gasteiger charge is 1.94. The Morgan fingerprint density at radius 1 is 1.00 bits per heavy atom. The fourth-order valence-electron chi connectivity index (χ4n) is 0.933. The highest BCUT2D eigenvalue weighted by molar-refractivity contribution is 4.71. The number of hydrogen-bond donors (Lipinski definition) is 2. The summed E-state index contributed by atoms with van der Waals surface area (Å²) in [6.45, 7) is 2.21. The third-order valence-corrected chi connectivity index (χ3v) is 1.57. The van der Waals surface area contributed by atoms with Crippen LogP contribution in [-0.4, -0.2) is 0 Å². The molecule has 0 aromatic rings. The van der Waals surface area contributed by atoms with Gasteiger partial charge in [-0.3, -0.25) is 0 Å². The molecular weight excluding hydrogens is 124 g/mol. The van der Waals surface area contributed by atoms with Crippen LogP contribution in [0.5, 0.6) is 0 Å². The van der Waals surface area contributed by atoms with Gasteiger partial charge in [-0.25, -0.2) is 0 Å². The molecule has 0 bridgehead atoms. The maximum Gasteiger partial charge on any atom is 0.0955 e. The molecule has 0 unspecified atom stereocenters. The van der Waals surface area contributed by atoms with E-state index in [0.29, 0.717) is 6.17 Å². The summed E-state index contributed by atoms with van der Waals surface area (Å²) in [6.07, 6.45) is 7.85. The summed E-state index contributed by atoms with van der Waals surface area (Å²) < 4.78 is 0. The third-order valence-electron chi connectivity index (χ3n) is 1.57. The molecule has 1 radical (unpaired) electrons. The molecule has 4 N–H and O–H groups in total. The van der Waals surface area contributed by atoms with E-state index >= 15 is 0 Å². The standard InChI is InChI=1S/C8H19N2/c1-2-3-4-5-6-7-8(9)10/h2-7,9-10H2,1H3. The highest BCUT2D eigenvalue weighted by Crippen LogP contribution is 2.06. The van der Waals surface area contributed by atoms with Gasteiger partial charge in [0.05, 0.1) is 6.17 Å². The Morgan fingerprint density at radius 2 is 1.60 bits per heavy atom. The Balaban J connectivity index is 2.77. The van der Waals surface area contributed by atoms with Gasteiger partial charge in [-0.2, -0.15) is 0 Å². The maximum absolute atomic E-state index is 5.30. The normalized spacial score (nSPS) is 10.8. The molecule has 61 valence electrons. The van der Waals surface area contributed by atoms with Gasteiger partial charge in [0, 0.05) is 0 Å². The van der Waals surface area contributed by atoms with Crippen LogP contribution in [0.1, 0.15) is 45.4 Å². The van der Waals surface area contributed by atoms with E-state index in [9.17, 15) is 0 Å². The summed E-state index contributed by atoms with van der Waals surface area (Å²) in [4.78, 5) is 0. The first-order valence-electron chi connectivity index (χ1n) is 4.14. The zero-order valence-electron chi connectivity index (χ0n) is 6.90. The van der Waals surface area contributed by atoms with Gasteiger partial charge in [0.15, 0.2) is 0 Å². The molecule has 0 aliphatic rings. The maximum atomic E-state index is 5.30. The molecule has 0 saturated carbocycles. The molecule has 0 aliphatic carbocycles.